The summed E-state index contributed by atoms with van der Waals surface area (Å²) in [7, 11) is 0. The lowest BCUT2D eigenvalue weighted by molar-refractivity contribution is 0.475. The molecule has 0 atom stereocenters. The minimum Gasteiger partial charge on any atom is -0.508 e. The van der Waals surface area contributed by atoms with Gasteiger partial charge in [0.05, 0.1) is 5.69 Å². The molecule has 4 heteroatoms. The van der Waals surface area contributed by atoms with Crippen LogP contribution in [0, 0.1) is 0 Å². The first kappa shape index (κ1) is 9.77. The molecule has 16 heavy (non-hydrogen) atoms. The molecule has 1 aromatic carbocycles. The first-order valence-corrected chi connectivity index (χ1v) is 7.32. The van der Waals surface area contributed by atoms with Crippen molar-refractivity contribution in [2.24, 2.45) is 0 Å². The summed E-state index contributed by atoms with van der Waals surface area (Å²) in [5.74, 6) is 1.26. The van der Waals surface area contributed by atoms with Crippen LogP contribution in [0.15, 0.2) is 34.5 Å². The summed E-state index contributed by atoms with van der Waals surface area (Å²) in [4.78, 5) is 4.53. The van der Waals surface area contributed by atoms with E-state index in [1.54, 1.807) is 12.1 Å². The molecule has 0 aliphatic carbocycles. The third-order valence-electron chi connectivity index (χ3n) is 2.37. The number of phenols is 1. The Bertz CT molecular complexity index is 552. The smallest absolute Gasteiger partial charge is 0.138 e. The Morgan fingerprint density at radius 3 is 2.75 bits per heavy atom. The lowest BCUT2D eigenvalue weighted by Gasteiger charge is -1.97. The second kappa shape index (κ2) is 3.86. The molecule has 0 saturated heterocycles. The molecule has 80 valence electrons. The third kappa shape index (κ3) is 1.69. The maximum absolute atomic E-state index is 9.23. The summed E-state index contributed by atoms with van der Waals surface area (Å²) in [6, 6.07) is 7.12. The largest absolute Gasteiger partial charge is 0.508 e. The van der Waals surface area contributed by atoms with Gasteiger partial charge in [0.1, 0.15) is 11.6 Å². The summed E-state index contributed by atoms with van der Waals surface area (Å²) >= 11 is 0.0411. The molecular formula is C12H9IN2O. The fourth-order valence-electron chi connectivity index (χ4n) is 1.57. The van der Waals surface area contributed by atoms with Gasteiger partial charge in [-0.3, -0.25) is 0 Å². The van der Waals surface area contributed by atoms with Gasteiger partial charge in [0.2, 0.25) is 0 Å². The molecular weight excluding hydrogens is 315 g/mol. The molecule has 0 bridgehead atoms. The molecule has 0 fully saturated rings. The number of halogens is 1. The lowest BCUT2D eigenvalue weighted by atomic mass is 10.2. The lowest BCUT2D eigenvalue weighted by Crippen LogP contribution is -1.95. The molecule has 3 nitrogen and oxygen atoms in total. The van der Waals surface area contributed by atoms with Gasteiger partial charge >= 0.3 is 0 Å². The molecule has 1 N–H and O–H groups in total. The van der Waals surface area contributed by atoms with Crippen molar-refractivity contribution in [1.29, 1.82) is 0 Å². The van der Waals surface area contributed by atoms with Crippen LogP contribution in [0.2, 0.25) is 0 Å². The van der Waals surface area contributed by atoms with Crippen molar-refractivity contribution in [1.82, 2.24) is 9.55 Å². The van der Waals surface area contributed by atoms with Gasteiger partial charge < -0.3 is 9.67 Å². The van der Waals surface area contributed by atoms with E-state index in [0.717, 1.165) is 17.1 Å². The van der Waals surface area contributed by atoms with Crippen LogP contribution in [0.4, 0.5) is 0 Å². The molecule has 1 aliphatic rings. The molecule has 1 aromatic heterocycles. The van der Waals surface area contributed by atoms with Crippen molar-refractivity contribution in [3.05, 3.63) is 40.4 Å². The number of hydrogen-bond donors (Lipinski definition) is 1. The van der Waals surface area contributed by atoms with Gasteiger partial charge in [-0.2, -0.15) is 0 Å². The third-order valence-corrected chi connectivity index (χ3v) is 4.07. The molecule has 2 aromatic rings. The Balaban J connectivity index is 2.07. The normalized spacial score (nSPS) is 13.2. The highest BCUT2D eigenvalue weighted by atomic mass is 127. The van der Waals surface area contributed by atoms with Gasteiger partial charge in [-0.15, -0.1) is 0 Å². The highest BCUT2D eigenvalue weighted by Crippen LogP contribution is 2.23. The standard InChI is InChI=1S/C12H9IN2O/c16-10-3-1-9(2-4-10)11-7-15-8-13-6-5-12(15)14-11/h1-8,16H. The molecule has 0 unspecified atom stereocenters. The maximum atomic E-state index is 9.23. The number of hydrogen-bond acceptors (Lipinski definition) is 2. The van der Waals surface area contributed by atoms with E-state index < -0.39 is 0 Å². The second-order valence-corrected chi connectivity index (χ2v) is 5.45. The Kier molecular flexibility index (Phi) is 2.36. The Labute approximate surface area is 103 Å². The van der Waals surface area contributed by atoms with E-state index in [0.29, 0.717) is 0 Å². The quantitative estimate of drug-likeness (QED) is 0.819. The van der Waals surface area contributed by atoms with Crippen LogP contribution >= 0.6 is 20.7 Å². The summed E-state index contributed by atoms with van der Waals surface area (Å²) in [5.41, 5.74) is 1.97. The Hall–Kier alpha value is -1.43. The minimum atomic E-state index is 0.0411. The van der Waals surface area contributed by atoms with Crippen molar-refractivity contribution >= 4 is 30.9 Å². The SMILES string of the molecule is Oc1ccc(-c2cn3c(n2)C=CI=C3)cc1. The molecule has 3 rings (SSSR count). The van der Waals surface area contributed by atoms with E-state index in [2.05, 4.69) is 23.8 Å². The van der Waals surface area contributed by atoms with Crippen molar-refractivity contribution in [3.8, 4) is 17.0 Å². The predicted octanol–water partition coefficient (Wildman–Crippen LogP) is 2.82. The van der Waals surface area contributed by atoms with Gasteiger partial charge in [0.25, 0.3) is 0 Å². The minimum absolute atomic E-state index is 0.0411. The number of aromatic nitrogens is 2. The van der Waals surface area contributed by atoms with E-state index in [1.165, 1.54) is 0 Å². The summed E-state index contributed by atoms with van der Waals surface area (Å²) in [5, 5.41) is 9.23. The summed E-state index contributed by atoms with van der Waals surface area (Å²) in [6.45, 7) is 0. The Morgan fingerprint density at radius 1 is 1.19 bits per heavy atom. The topological polar surface area (TPSA) is 38.0 Å². The number of nitrogens with zero attached hydrogens (tertiary/aromatic N) is 2. The first-order chi connectivity index (χ1) is 7.83. The van der Waals surface area contributed by atoms with Crippen molar-refractivity contribution in [2.75, 3.05) is 0 Å². The number of phenolic OH excluding ortho intramolecular Hbond substituents is 1. The second-order valence-electron chi connectivity index (χ2n) is 3.45. The predicted molar refractivity (Wildman–Crippen MR) is 73.8 cm³/mol. The van der Waals surface area contributed by atoms with Gasteiger partial charge in [-0.05, 0) is 34.4 Å². The monoisotopic (exact) mass is 324 g/mol. The molecule has 0 radical (unpaired) electrons. The van der Waals surface area contributed by atoms with Gasteiger partial charge in [0, 0.05) is 15.9 Å². The average molecular weight is 324 g/mol. The maximum Gasteiger partial charge on any atom is 0.138 e. The van der Waals surface area contributed by atoms with E-state index >= 15 is 0 Å². The molecule has 0 saturated carbocycles. The molecule has 0 amide bonds. The van der Waals surface area contributed by atoms with Crippen LogP contribution in [0.1, 0.15) is 5.82 Å². The highest BCUT2D eigenvalue weighted by Gasteiger charge is 2.07. The number of aromatic hydroxyl groups is 1. The summed E-state index contributed by atoms with van der Waals surface area (Å²) < 4.78 is 6.47. The fourth-order valence-corrected chi connectivity index (χ4v) is 3.07. The molecule has 2 heterocycles. The number of fused-ring (bicyclic) bond motifs is 1. The van der Waals surface area contributed by atoms with E-state index in [-0.39, 0.29) is 26.5 Å². The zero-order valence-electron chi connectivity index (χ0n) is 8.34. The van der Waals surface area contributed by atoms with Gasteiger partial charge in [0.15, 0.2) is 0 Å². The Morgan fingerprint density at radius 2 is 2.00 bits per heavy atom. The van der Waals surface area contributed by atoms with Crippen LogP contribution < -0.4 is 0 Å². The van der Waals surface area contributed by atoms with Crippen LogP contribution in [-0.2, 0) is 0 Å². The number of rotatable bonds is 1. The van der Waals surface area contributed by atoms with Crippen molar-refractivity contribution in [2.45, 2.75) is 0 Å². The molecule has 0 spiro atoms. The van der Waals surface area contributed by atoms with E-state index in [4.69, 9.17) is 0 Å². The highest BCUT2D eigenvalue weighted by molar-refractivity contribution is 14.2. The average Bonchev–Trinajstić information content (AvgIpc) is 2.73. The van der Waals surface area contributed by atoms with Gasteiger partial charge in [-0.1, -0.05) is 20.7 Å². The van der Waals surface area contributed by atoms with Crippen LogP contribution in [0.3, 0.4) is 0 Å². The van der Waals surface area contributed by atoms with E-state index in [9.17, 15) is 5.11 Å². The number of benzene rings is 1. The van der Waals surface area contributed by atoms with Crippen LogP contribution in [0.25, 0.3) is 17.3 Å². The molecule has 1 aliphatic heterocycles. The van der Waals surface area contributed by atoms with Gasteiger partial charge in [-0.25, -0.2) is 4.98 Å². The van der Waals surface area contributed by atoms with Crippen molar-refractivity contribution in [3.63, 3.8) is 0 Å². The fraction of sp³-hybridized carbons (Fsp3) is 0. The van der Waals surface area contributed by atoms with Crippen LogP contribution in [-0.4, -0.2) is 18.8 Å². The summed E-state index contributed by atoms with van der Waals surface area (Å²) in [6.07, 6.45) is 4.10. The number of imidazole rings is 1. The van der Waals surface area contributed by atoms with E-state index in [1.807, 2.05) is 18.3 Å². The first-order valence-electron chi connectivity index (χ1n) is 4.83. The zero-order valence-corrected chi connectivity index (χ0v) is 10.5. The van der Waals surface area contributed by atoms with Crippen molar-refractivity contribution < 1.29 is 5.11 Å². The zero-order chi connectivity index (χ0) is 11.0. The van der Waals surface area contributed by atoms with Crippen LogP contribution in [0.5, 0.6) is 5.75 Å².